The molecule has 11 heteroatoms. The van der Waals surface area contributed by atoms with Crippen molar-refractivity contribution < 1.29 is 22.7 Å². The highest BCUT2D eigenvalue weighted by Gasteiger charge is 2.35. The summed E-state index contributed by atoms with van der Waals surface area (Å²) in [5.41, 5.74) is 0.318. The van der Waals surface area contributed by atoms with Crippen molar-refractivity contribution in [1.82, 2.24) is 10.2 Å². The molecule has 0 bridgehead atoms. The molecule has 8 nitrogen and oxygen atoms in total. The van der Waals surface area contributed by atoms with Crippen molar-refractivity contribution in [2.24, 2.45) is 0 Å². The van der Waals surface area contributed by atoms with E-state index in [1.54, 1.807) is 67.6 Å². The molecule has 0 aliphatic heterocycles. The van der Waals surface area contributed by atoms with Gasteiger partial charge in [-0.1, -0.05) is 54.4 Å². The van der Waals surface area contributed by atoms with Crippen molar-refractivity contribution in [2.75, 3.05) is 17.5 Å². The van der Waals surface area contributed by atoms with Gasteiger partial charge in [-0.05, 0) is 88.2 Å². The van der Waals surface area contributed by atoms with E-state index in [9.17, 15) is 18.0 Å². The molecule has 0 saturated heterocycles. The Morgan fingerprint density at radius 3 is 2.14 bits per heavy atom. The molecule has 0 saturated carbocycles. The van der Waals surface area contributed by atoms with Crippen LogP contribution in [0.5, 0.6) is 5.75 Å². The number of carbonyl (C=O) groups is 2. The maximum absolute atomic E-state index is 14.1. The van der Waals surface area contributed by atoms with Crippen LogP contribution in [0.15, 0.2) is 77.7 Å². The van der Waals surface area contributed by atoms with Crippen LogP contribution < -0.4 is 14.4 Å². The Bertz CT molecular complexity index is 1480. The Kier molecular flexibility index (Phi) is 11.3. The largest absolute Gasteiger partial charge is 0.494 e. The molecule has 0 radical (unpaired) electrons. The van der Waals surface area contributed by atoms with Gasteiger partial charge in [-0.3, -0.25) is 13.9 Å². The number of nitrogens with one attached hydrogen (secondary N) is 1. The summed E-state index contributed by atoms with van der Waals surface area (Å²) < 4.78 is 34.4. The molecule has 3 rings (SSSR count). The van der Waals surface area contributed by atoms with Gasteiger partial charge < -0.3 is 15.0 Å². The van der Waals surface area contributed by atoms with E-state index in [1.165, 1.54) is 17.0 Å². The summed E-state index contributed by atoms with van der Waals surface area (Å²) in [4.78, 5) is 28.9. The SMILES string of the molecule is CCOc1ccc(S(=O)(=O)N(CC(=O)N(Cc2ccc(Cl)cc2Cl)C(CC)C(=O)NC(C)(C)C)c2ccccc2)cc1. The van der Waals surface area contributed by atoms with Gasteiger partial charge in [0.05, 0.1) is 17.2 Å². The lowest BCUT2D eigenvalue weighted by Gasteiger charge is -2.35. The Balaban J connectivity index is 2.06. The summed E-state index contributed by atoms with van der Waals surface area (Å²) in [6, 6.07) is 18.4. The first-order valence-corrected chi connectivity index (χ1v) is 15.8. The Morgan fingerprint density at radius 2 is 1.60 bits per heavy atom. The third-order valence-electron chi connectivity index (χ3n) is 6.29. The first-order valence-electron chi connectivity index (χ1n) is 13.6. The topological polar surface area (TPSA) is 96.0 Å². The molecule has 0 aromatic heterocycles. The van der Waals surface area contributed by atoms with Gasteiger partial charge in [-0.25, -0.2) is 8.42 Å². The average molecular weight is 635 g/mol. The van der Waals surface area contributed by atoms with Gasteiger partial charge in [0, 0.05) is 22.1 Å². The lowest BCUT2D eigenvalue weighted by atomic mass is 10.1. The summed E-state index contributed by atoms with van der Waals surface area (Å²) in [6.45, 7) is 9.03. The van der Waals surface area contributed by atoms with E-state index in [1.807, 2.05) is 27.7 Å². The summed E-state index contributed by atoms with van der Waals surface area (Å²) >= 11 is 12.6. The zero-order valence-corrected chi connectivity index (χ0v) is 26.8. The minimum Gasteiger partial charge on any atom is -0.494 e. The van der Waals surface area contributed by atoms with Gasteiger partial charge in [-0.15, -0.1) is 0 Å². The van der Waals surface area contributed by atoms with Crippen molar-refractivity contribution >= 4 is 50.7 Å². The van der Waals surface area contributed by atoms with Gasteiger partial charge >= 0.3 is 0 Å². The number of hydrogen-bond donors (Lipinski definition) is 1. The standard InChI is InChI=1S/C31H37Cl2N3O5S/c1-6-28(30(38)34-31(3,4)5)35(20-22-13-14-23(32)19-27(22)33)29(37)21-36(24-11-9-8-10-12-24)42(39,40)26-17-15-25(16-18-26)41-7-2/h8-19,28H,6-7,20-21H2,1-5H3,(H,34,38). The summed E-state index contributed by atoms with van der Waals surface area (Å²) in [5.74, 6) is -0.403. The number of amides is 2. The van der Waals surface area contributed by atoms with Crippen LogP contribution in [0.1, 0.15) is 46.6 Å². The third-order valence-corrected chi connectivity index (χ3v) is 8.66. The number of carbonyl (C=O) groups excluding carboxylic acids is 2. The van der Waals surface area contributed by atoms with E-state index >= 15 is 0 Å². The molecule has 1 atom stereocenters. The van der Waals surface area contributed by atoms with E-state index < -0.39 is 34.1 Å². The summed E-state index contributed by atoms with van der Waals surface area (Å²) in [7, 11) is -4.20. The predicted molar refractivity (Wildman–Crippen MR) is 168 cm³/mol. The molecule has 0 fully saturated rings. The van der Waals surface area contributed by atoms with Gasteiger partial charge in [0.25, 0.3) is 10.0 Å². The van der Waals surface area contributed by atoms with Crippen LogP contribution >= 0.6 is 23.2 Å². The second-order valence-electron chi connectivity index (χ2n) is 10.7. The maximum atomic E-state index is 14.1. The number of hydrogen-bond acceptors (Lipinski definition) is 5. The molecule has 0 aliphatic rings. The smallest absolute Gasteiger partial charge is 0.264 e. The van der Waals surface area contributed by atoms with Crippen LogP contribution in [0.2, 0.25) is 10.0 Å². The molecule has 0 heterocycles. The Labute approximate surface area is 258 Å². The molecule has 3 aromatic rings. The zero-order chi connectivity index (χ0) is 31.1. The van der Waals surface area contributed by atoms with Crippen molar-refractivity contribution in [2.45, 2.75) is 64.1 Å². The number of benzene rings is 3. The normalized spacial score (nSPS) is 12.4. The number of anilines is 1. The molecular weight excluding hydrogens is 597 g/mol. The number of halogens is 2. The fourth-order valence-electron chi connectivity index (χ4n) is 4.33. The van der Waals surface area contributed by atoms with Crippen molar-refractivity contribution in [3.63, 3.8) is 0 Å². The molecule has 0 spiro atoms. The molecule has 42 heavy (non-hydrogen) atoms. The van der Waals surface area contributed by atoms with Crippen molar-refractivity contribution in [3.05, 3.63) is 88.4 Å². The summed E-state index contributed by atoms with van der Waals surface area (Å²) in [6.07, 6.45) is 0.288. The van der Waals surface area contributed by atoms with Crippen molar-refractivity contribution in [1.29, 1.82) is 0 Å². The number of ether oxygens (including phenoxy) is 1. The van der Waals surface area contributed by atoms with E-state index in [0.29, 0.717) is 33.7 Å². The lowest BCUT2D eigenvalue weighted by Crippen LogP contribution is -2.55. The van der Waals surface area contributed by atoms with Gasteiger partial charge in [0.2, 0.25) is 11.8 Å². The molecule has 1 unspecified atom stereocenters. The second kappa shape index (κ2) is 14.3. The molecule has 0 aliphatic carbocycles. The maximum Gasteiger partial charge on any atom is 0.264 e. The van der Waals surface area contributed by atoms with Crippen LogP contribution in [0.25, 0.3) is 0 Å². The first kappa shape index (κ1) is 33.2. The number of para-hydroxylation sites is 1. The highest BCUT2D eigenvalue weighted by atomic mass is 35.5. The van der Waals surface area contributed by atoms with E-state index in [0.717, 1.165) is 4.31 Å². The number of sulfonamides is 1. The fourth-order valence-corrected chi connectivity index (χ4v) is 6.21. The first-order chi connectivity index (χ1) is 19.8. The minimum absolute atomic E-state index is 0.00702. The highest BCUT2D eigenvalue weighted by Crippen LogP contribution is 2.27. The number of nitrogens with zero attached hydrogens (tertiary/aromatic N) is 2. The predicted octanol–water partition coefficient (Wildman–Crippen LogP) is 6.31. The second-order valence-corrected chi connectivity index (χ2v) is 13.4. The van der Waals surface area contributed by atoms with Gasteiger partial charge in [-0.2, -0.15) is 0 Å². The van der Waals surface area contributed by atoms with Crippen LogP contribution in [0.4, 0.5) is 5.69 Å². The van der Waals surface area contributed by atoms with Crippen LogP contribution in [-0.4, -0.2) is 49.9 Å². The monoisotopic (exact) mass is 633 g/mol. The minimum atomic E-state index is -4.20. The molecular formula is C31H37Cl2N3O5S. The van der Waals surface area contributed by atoms with Crippen molar-refractivity contribution in [3.8, 4) is 5.75 Å². The molecule has 2 amide bonds. The lowest BCUT2D eigenvalue weighted by molar-refractivity contribution is -0.141. The highest BCUT2D eigenvalue weighted by molar-refractivity contribution is 7.92. The molecule has 226 valence electrons. The molecule has 1 N–H and O–H groups in total. The Hall–Kier alpha value is -3.27. The van der Waals surface area contributed by atoms with Crippen LogP contribution in [0.3, 0.4) is 0 Å². The number of rotatable bonds is 12. The molecule has 3 aromatic carbocycles. The van der Waals surface area contributed by atoms with Crippen LogP contribution in [-0.2, 0) is 26.2 Å². The fraction of sp³-hybridized carbons (Fsp3) is 0.355. The quantitative estimate of drug-likeness (QED) is 0.252. The zero-order valence-electron chi connectivity index (χ0n) is 24.4. The van der Waals surface area contributed by atoms with E-state index in [-0.39, 0.29) is 23.8 Å². The van der Waals surface area contributed by atoms with E-state index in [2.05, 4.69) is 5.32 Å². The Morgan fingerprint density at radius 1 is 0.952 bits per heavy atom. The van der Waals surface area contributed by atoms with E-state index in [4.69, 9.17) is 27.9 Å². The summed E-state index contributed by atoms with van der Waals surface area (Å²) in [5, 5.41) is 3.69. The average Bonchev–Trinajstić information content (AvgIpc) is 2.92. The third kappa shape index (κ3) is 8.63. The van der Waals surface area contributed by atoms with Crippen LogP contribution in [0, 0.1) is 0 Å². The van der Waals surface area contributed by atoms with Gasteiger partial charge in [0.1, 0.15) is 18.3 Å². The van der Waals surface area contributed by atoms with Gasteiger partial charge in [0.15, 0.2) is 0 Å².